The van der Waals surface area contributed by atoms with E-state index in [0.29, 0.717) is 5.92 Å². The summed E-state index contributed by atoms with van der Waals surface area (Å²) in [7, 11) is 1.75. The summed E-state index contributed by atoms with van der Waals surface area (Å²) in [4.78, 5) is 6.02. The second-order valence-electron chi connectivity index (χ2n) is 4.87. The van der Waals surface area contributed by atoms with Crippen LogP contribution in [0.1, 0.15) is 29.8 Å². The quantitative estimate of drug-likeness (QED) is 0.761. The van der Waals surface area contributed by atoms with E-state index in [1.54, 1.807) is 18.4 Å². The van der Waals surface area contributed by atoms with E-state index in [-0.39, 0.29) is 6.10 Å². The fourth-order valence-electron chi connectivity index (χ4n) is 2.10. The number of thiazole rings is 1. The zero-order valence-electron chi connectivity index (χ0n) is 11.6. The molecule has 0 fully saturated rings. The normalized spacial score (nSPS) is 12.9. The number of hydrogen-bond donors (Lipinski definition) is 0. The highest BCUT2D eigenvalue weighted by Gasteiger charge is 2.21. The van der Waals surface area contributed by atoms with Crippen molar-refractivity contribution in [2.24, 2.45) is 5.92 Å². The van der Waals surface area contributed by atoms with E-state index < -0.39 is 0 Å². The van der Waals surface area contributed by atoms with Gasteiger partial charge in [0.1, 0.15) is 11.1 Å². The number of methoxy groups -OCH3 is 1. The van der Waals surface area contributed by atoms with Gasteiger partial charge in [0.25, 0.3) is 0 Å². The van der Waals surface area contributed by atoms with E-state index >= 15 is 0 Å². The Kier molecular flexibility index (Phi) is 4.76. The lowest BCUT2D eigenvalue weighted by Crippen LogP contribution is -2.08. The molecular formula is C15H18BrNOS. The van der Waals surface area contributed by atoms with E-state index in [2.05, 4.69) is 48.8 Å². The molecule has 0 saturated heterocycles. The van der Waals surface area contributed by atoms with Gasteiger partial charge in [-0.1, -0.05) is 41.9 Å². The fourth-order valence-corrected chi connectivity index (χ4v) is 3.69. The molecule has 1 unspecified atom stereocenters. The zero-order valence-corrected chi connectivity index (χ0v) is 14.0. The van der Waals surface area contributed by atoms with Gasteiger partial charge in [-0.2, -0.15) is 0 Å². The number of benzene rings is 1. The summed E-state index contributed by atoms with van der Waals surface area (Å²) in [5, 5.41) is 1.06. The van der Waals surface area contributed by atoms with E-state index in [0.717, 1.165) is 20.7 Å². The van der Waals surface area contributed by atoms with Crippen LogP contribution in [0, 0.1) is 12.8 Å². The number of aryl methyl sites for hydroxylation is 1. The smallest absolute Gasteiger partial charge is 0.123 e. The molecule has 0 saturated carbocycles. The van der Waals surface area contributed by atoms with Gasteiger partial charge in [-0.25, -0.2) is 4.98 Å². The number of halogens is 1. The standard InChI is InChI=1S/C15H18BrNOS/c1-9(2)14(18-4)15-17-13(10(3)19-15)11-6-5-7-12(16)8-11/h5-9,14H,1-4H3. The predicted molar refractivity (Wildman–Crippen MR) is 84.6 cm³/mol. The van der Waals surface area contributed by atoms with Crippen molar-refractivity contribution in [1.29, 1.82) is 0 Å². The van der Waals surface area contributed by atoms with Crippen LogP contribution in [0.4, 0.5) is 0 Å². The van der Waals surface area contributed by atoms with Crippen LogP contribution in [0.25, 0.3) is 11.3 Å². The average Bonchev–Trinajstić information content (AvgIpc) is 2.71. The van der Waals surface area contributed by atoms with Gasteiger partial charge in [-0.05, 0) is 25.0 Å². The SMILES string of the molecule is COC(c1nc(-c2cccc(Br)c2)c(C)s1)C(C)C. The molecule has 1 aromatic carbocycles. The zero-order chi connectivity index (χ0) is 14.0. The highest BCUT2D eigenvalue weighted by atomic mass is 79.9. The van der Waals surface area contributed by atoms with Crippen molar-refractivity contribution < 1.29 is 4.74 Å². The summed E-state index contributed by atoms with van der Waals surface area (Å²) in [6.45, 7) is 6.43. The summed E-state index contributed by atoms with van der Waals surface area (Å²) in [6, 6.07) is 8.25. The molecule has 0 radical (unpaired) electrons. The summed E-state index contributed by atoms with van der Waals surface area (Å²) >= 11 is 5.23. The highest BCUT2D eigenvalue weighted by Crippen LogP contribution is 2.35. The Morgan fingerprint density at radius 3 is 2.63 bits per heavy atom. The Hall–Kier alpha value is -0.710. The van der Waals surface area contributed by atoms with Crippen molar-refractivity contribution >= 4 is 27.3 Å². The summed E-state index contributed by atoms with van der Waals surface area (Å²) in [6.07, 6.45) is 0.0737. The summed E-state index contributed by atoms with van der Waals surface area (Å²) < 4.78 is 6.64. The van der Waals surface area contributed by atoms with Gasteiger partial charge in [0.15, 0.2) is 0 Å². The molecule has 19 heavy (non-hydrogen) atoms. The second-order valence-corrected chi connectivity index (χ2v) is 7.02. The lowest BCUT2D eigenvalue weighted by atomic mass is 10.1. The first-order valence-corrected chi connectivity index (χ1v) is 7.90. The molecule has 0 aliphatic rings. The topological polar surface area (TPSA) is 22.1 Å². The van der Waals surface area contributed by atoms with Crippen molar-refractivity contribution in [2.45, 2.75) is 26.9 Å². The number of ether oxygens (including phenoxy) is 1. The Labute approximate surface area is 127 Å². The number of hydrogen-bond acceptors (Lipinski definition) is 3. The maximum Gasteiger partial charge on any atom is 0.123 e. The number of rotatable bonds is 4. The Balaban J connectivity index is 2.41. The van der Waals surface area contributed by atoms with Crippen LogP contribution in [0.15, 0.2) is 28.7 Å². The van der Waals surface area contributed by atoms with E-state index in [1.165, 1.54) is 4.88 Å². The fraction of sp³-hybridized carbons (Fsp3) is 0.400. The third kappa shape index (κ3) is 3.25. The number of nitrogens with zero attached hydrogens (tertiary/aromatic N) is 1. The summed E-state index contributed by atoms with van der Waals surface area (Å²) in [5.74, 6) is 0.422. The van der Waals surface area contributed by atoms with E-state index in [1.807, 2.05) is 12.1 Å². The van der Waals surface area contributed by atoms with Gasteiger partial charge in [0, 0.05) is 22.0 Å². The van der Waals surface area contributed by atoms with Crippen LogP contribution >= 0.6 is 27.3 Å². The maximum atomic E-state index is 5.56. The summed E-state index contributed by atoms with van der Waals surface area (Å²) in [5.41, 5.74) is 2.21. The molecule has 0 aliphatic heterocycles. The number of aromatic nitrogens is 1. The van der Waals surface area contributed by atoms with Crippen LogP contribution in [0.3, 0.4) is 0 Å². The van der Waals surface area contributed by atoms with Gasteiger partial charge in [0.2, 0.25) is 0 Å². The highest BCUT2D eigenvalue weighted by molar-refractivity contribution is 9.10. The lowest BCUT2D eigenvalue weighted by Gasteiger charge is -2.15. The van der Waals surface area contributed by atoms with Crippen LogP contribution in [-0.4, -0.2) is 12.1 Å². The minimum absolute atomic E-state index is 0.0737. The van der Waals surface area contributed by atoms with Gasteiger partial charge in [-0.3, -0.25) is 0 Å². The molecule has 0 amide bonds. The van der Waals surface area contributed by atoms with E-state index in [4.69, 9.17) is 9.72 Å². The largest absolute Gasteiger partial charge is 0.374 e. The Morgan fingerprint density at radius 2 is 2.05 bits per heavy atom. The molecule has 2 rings (SSSR count). The van der Waals surface area contributed by atoms with Crippen molar-refractivity contribution in [3.8, 4) is 11.3 Å². The van der Waals surface area contributed by atoms with Gasteiger partial charge in [-0.15, -0.1) is 11.3 Å². The van der Waals surface area contributed by atoms with Crippen molar-refractivity contribution in [1.82, 2.24) is 4.98 Å². The molecule has 2 aromatic rings. The van der Waals surface area contributed by atoms with Crippen molar-refractivity contribution in [2.75, 3.05) is 7.11 Å². The molecule has 0 bridgehead atoms. The van der Waals surface area contributed by atoms with Gasteiger partial charge < -0.3 is 4.74 Å². The average molecular weight is 340 g/mol. The Bertz CT molecular complexity index is 565. The monoisotopic (exact) mass is 339 g/mol. The van der Waals surface area contributed by atoms with Crippen LogP contribution < -0.4 is 0 Å². The van der Waals surface area contributed by atoms with Crippen LogP contribution in [0.2, 0.25) is 0 Å². The molecule has 0 spiro atoms. The minimum Gasteiger partial charge on any atom is -0.374 e. The maximum absolute atomic E-state index is 5.56. The third-order valence-electron chi connectivity index (χ3n) is 3.01. The van der Waals surface area contributed by atoms with Crippen molar-refractivity contribution in [3.63, 3.8) is 0 Å². The third-order valence-corrected chi connectivity index (χ3v) is 4.54. The Morgan fingerprint density at radius 1 is 1.32 bits per heavy atom. The molecule has 1 aromatic heterocycles. The van der Waals surface area contributed by atoms with Gasteiger partial charge >= 0.3 is 0 Å². The molecular weight excluding hydrogens is 322 g/mol. The van der Waals surface area contributed by atoms with Crippen LogP contribution in [0.5, 0.6) is 0 Å². The van der Waals surface area contributed by atoms with E-state index in [9.17, 15) is 0 Å². The molecule has 2 nitrogen and oxygen atoms in total. The molecule has 1 heterocycles. The first kappa shape index (κ1) is 14.7. The van der Waals surface area contributed by atoms with Gasteiger partial charge in [0.05, 0.1) is 5.69 Å². The first-order valence-electron chi connectivity index (χ1n) is 6.29. The van der Waals surface area contributed by atoms with Crippen LogP contribution in [-0.2, 0) is 4.74 Å². The first-order chi connectivity index (χ1) is 9.02. The minimum atomic E-state index is 0.0737. The predicted octanol–water partition coefficient (Wildman–Crippen LogP) is 5.22. The van der Waals surface area contributed by atoms with Crippen molar-refractivity contribution in [3.05, 3.63) is 38.6 Å². The molecule has 0 N–H and O–H groups in total. The lowest BCUT2D eigenvalue weighted by molar-refractivity contribution is 0.0645. The second kappa shape index (κ2) is 6.16. The molecule has 1 atom stereocenters. The molecule has 102 valence electrons. The molecule has 4 heteroatoms. The molecule has 0 aliphatic carbocycles.